The van der Waals surface area contributed by atoms with E-state index in [0.717, 1.165) is 6.54 Å². The Kier molecular flexibility index (Phi) is 22.1. The van der Waals surface area contributed by atoms with Crippen LogP contribution >= 0.6 is 12.4 Å². The van der Waals surface area contributed by atoms with Crippen LogP contribution in [-0.4, -0.2) is 12.1 Å². The molecule has 0 rings (SSSR count). The lowest BCUT2D eigenvalue weighted by atomic mass is 9.96. The summed E-state index contributed by atoms with van der Waals surface area (Å²) in [6, 6.07) is 0. The van der Waals surface area contributed by atoms with Crippen LogP contribution in [0.15, 0.2) is 12.7 Å². The van der Waals surface area contributed by atoms with Crippen molar-refractivity contribution in [3.05, 3.63) is 12.7 Å². The molecule has 0 aromatic rings. The van der Waals surface area contributed by atoms with Gasteiger partial charge in [0.2, 0.25) is 0 Å². The van der Waals surface area contributed by atoms with Crippen LogP contribution in [0.1, 0.15) is 124 Å². The Morgan fingerprint density at radius 3 is 1.40 bits per heavy atom. The number of unbranched alkanes of at least 4 members (excludes halogenated alkanes) is 14. The van der Waals surface area contributed by atoms with Gasteiger partial charge in [0.05, 0.1) is 0 Å². The molecule has 0 saturated heterocycles. The summed E-state index contributed by atoms with van der Waals surface area (Å²) >= 11 is 0. The van der Waals surface area contributed by atoms with E-state index in [4.69, 9.17) is 0 Å². The minimum absolute atomic E-state index is 0. The summed E-state index contributed by atoms with van der Waals surface area (Å²) in [5.41, 5.74) is 0.269. The molecule has 0 radical (unpaired) electrons. The molecule has 152 valence electrons. The number of hydrogen-bond acceptors (Lipinski definition) is 1. The van der Waals surface area contributed by atoms with E-state index < -0.39 is 0 Å². The van der Waals surface area contributed by atoms with Crippen molar-refractivity contribution in [2.45, 2.75) is 129 Å². The fraction of sp³-hybridized carbons (Fsp3) is 0.913. The number of rotatable bonds is 19. The highest BCUT2D eigenvalue weighted by Gasteiger charge is 2.14. The standard InChI is InChI=1S/C23H47N.ClH/c1-5-7-8-9-10-11-12-13-14-15-16-17-18-19-20-21-23(3,4)24-22-6-2;/h6,24H,2,5,7-22H2,1,3-4H3;1H. The van der Waals surface area contributed by atoms with Gasteiger partial charge in [0.25, 0.3) is 0 Å². The fourth-order valence-electron chi connectivity index (χ4n) is 3.38. The first kappa shape index (κ1) is 27.2. The molecule has 0 aromatic heterocycles. The van der Waals surface area contributed by atoms with Gasteiger partial charge in [-0.25, -0.2) is 0 Å². The fourth-order valence-corrected chi connectivity index (χ4v) is 3.38. The lowest BCUT2D eigenvalue weighted by molar-refractivity contribution is 0.361. The Morgan fingerprint density at radius 2 is 1.04 bits per heavy atom. The zero-order valence-electron chi connectivity index (χ0n) is 17.7. The molecular formula is C23H48ClN. The average Bonchev–Trinajstić information content (AvgIpc) is 2.56. The molecule has 0 fully saturated rings. The van der Waals surface area contributed by atoms with Crippen molar-refractivity contribution in [2.24, 2.45) is 0 Å². The lowest BCUT2D eigenvalue weighted by Gasteiger charge is -2.25. The van der Waals surface area contributed by atoms with E-state index in [0.29, 0.717) is 0 Å². The van der Waals surface area contributed by atoms with Crippen LogP contribution in [0.25, 0.3) is 0 Å². The highest BCUT2D eigenvalue weighted by atomic mass is 35.5. The van der Waals surface area contributed by atoms with E-state index in [1.54, 1.807) is 0 Å². The molecule has 25 heavy (non-hydrogen) atoms. The molecule has 0 aliphatic carbocycles. The van der Waals surface area contributed by atoms with Gasteiger partial charge in [-0.3, -0.25) is 0 Å². The molecular weight excluding hydrogens is 326 g/mol. The number of hydrogen-bond donors (Lipinski definition) is 1. The predicted molar refractivity (Wildman–Crippen MR) is 119 cm³/mol. The molecule has 0 aromatic carbocycles. The molecule has 2 heteroatoms. The maximum absolute atomic E-state index is 3.78. The Bertz CT molecular complexity index is 263. The molecule has 0 heterocycles. The van der Waals surface area contributed by atoms with Crippen molar-refractivity contribution in [1.29, 1.82) is 0 Å². The summed E-state index contributed by atoms with van der Waals surface area (Å²) in [4.78, 5) is 0. The summed E-state index contributed by atoms with van der Waals surface area (Å²) in [6.07, 6.45) is 24.8. The second-order valence-electron chi connectivity index (χ2n) is 8.25. The maximum atomic E-state index is 3.78. The van der Waals surface area contributed by atoms with Gasteiger partial charge in [0, 0.05) is 12.1 Å². The molecule has 0 aliphatic rings. The van der Waals surface area contributed by atoms with Crippen LogP contribution in [0.4, 0.5) is 0 Å². The Hall–Kier alpha value is -0.0100. The smallest absolute Gasteiger partial charge is 0.0137 e. The van der Waals surface area contributed by atoms with Crippen LogP contribution in [-0.2, 0) is 0 Å². The predicted octanol–water partition coefficient (Wildman–Crippen LogP) is 8.22. The molecule has 0 unspecified atom stereocenters. The molecule has 0 atom stereocenters. The van der Waals surface area contributed by atoms with E-state index in [1.807, 2.05) is 6.08 Å². The average molecular weight is 374 g/mol. The minimum atomic E-state index is 0. The first-order valence-corrected chi connectivity index (χ1v) is 11.0. The SMILES string of the molecule is C=CCNC(C)(C)CCCCCCCCCCCCCCCCC.Cl. The van der Waals surface area contributed by atoms with Gasteiger partial charge >= 0.3 is 0 Å². The third-order valence-corrected chi connectivity index (χ3v) is 5.13. The van der Waals surface area contributed by atoms with E-state index in [9.17, 15) is 0 Å². The topological polar surface area (TPSA) is 12.0 Å². The molecule has 1 N–H and O–H groups in total. The lowest BCUT2D eigenvalue weighted by Crippen LogP contribution is -2.39. The van der Waals surface area contributed by atoms with Crippen molar-refractivity contribution in [1.82, 2.24) is 5.32 Å². The van der Waals surface area contributed by atoms with Gasteiger partial charge in [0.1, 0.15) is 0 Å². The summed E-state index contributed by atoms with van der Waals surface area (Å²) in [5.74, 6) is 0. The van der Waals surface area contributed by atoms with E-state index in [1.165, 1.54) is 103 Å². The van der Waals surface area contributed by atoms with Crippen molar-refractivity contribution in [2.75, 3.05) is 6.54 Å². The summed E-state index contributed by atoms with van der Waals surface area (Å²) in [5, 5.41) is 3.54. The quantitative estimate of drug-likeness (QED) is 0.177. The van der Waals surface area contributed by atoms with Gasteiger partial charge in [-0.05, 0) is 20.3 Å². The Labute approximate surface area is 166 Å². The van der Waals surface area contributed by atoms with Crippen molar-refractivity contribution < 1.29 is 0 Å². The highest BCUT2D eigenvalue weighted by molar-refractivity contribution is 5.85. The number of nitrogens with one attached hydrogen (secondary N) is 1. The summed E-state index contributed by atoms with van der Waals surface area (Å²) in [7, 11) is 0. The zero-order chi connectivity index (χ0) is 17.9. The monoisotopic (exact) mass is 373 g/mol. The van der Waals surface area contributed by atoms with Crippen LogP contribution in [0.3, 0.4) is 0 Å². The van der Waals surface area contributed by atoms with Crippen LogP contribution in [0, 0.1) is 0 Å². The molecule has 0 spiro atoms. The largest absolute Gasteiger partial charge is 0.308 e. The van der Waals surface area contributed by atoms with Gasteiger partial charge in [0.15, 0.2) is 0 Å². The second-order valence-corrected chi connectivity index (χ2v) is 8.25. The molecule has 0 amide bonds. The normalized spacial score (nSPS) is 11.3. The van der Waals surface area contributed by atoms with E-state index in [-0.39, 0.29) is 17.9 Å². The second kappa shape index (κ2) is 20.3. The third kappa shape index (κ3) is 21.9. The minimum Gasteiger partial charge on any atom is -0.308 e. The Morgan fingerprint density at radius 1 is 0.680 bits per heavy atom. The first-order chi connectivity index (χ1) is 11.6. The van der Waals surface area contributed by atoms with Gasteiger partial charge in [-0.1, -0.05) is 109 Å². The highest BCUT2D eigenvalue weighted by Crippen LogP contribution is 2.16. The molecule has 1 nitrogen and oxygen atoms in total. The van der Waals surface area contributed by atoms with E-state index in [2.05, 4.69) is 32.7 Å². The summed E-state index contributed by atoms with van der Waals surface area (Å²) in [6.45, 7) is 11.6. The molecule has 0 saturated carbocycles. The van der Waals surface area contributed by atoms with Crippen LogP contribution in [0.5, 0.6) is 0 Å². The third-order valence-electron chi connectivity index (χ3n) is 5.13. The Balaban J connectivity index is 0. The summed E-state index contributed by atoms with van der Waals surface area (Å²) < 4.78 is 0. The van der Waals surface area contributed by atoms with Crippen LogP contribution < -0.4 is 5.32 Å². The molecule has 0 aliphatic heterocycles. The first-order valence-electron chi connectivity index (χ1n) is 11.0. The van der Waals surface area contributed by atoms with Gasteiger partial charge < -0.3 is 5.32 Å². The zero-order valence-corrected chi connectivity index (χ0v) is 18.5. The van der Waals surface area contributed by atoms with Gasteiger partial charge in [-0.2, -0.15) is 0 Å². The molecule has 0 bridgehead atoms. The van der Waals surface area contributed by atoms with Crippen molar-refractivity contribution in [3.63, 3.8) is 0 Å². The number of halogens is 1. The van der Waals surface area contributed by atoms with Gasteiger partial charge in [-0.15, -0.1) is 19.0 Å². The van der Waals surface area contributed by atoms with Crippen molar-refractivity contribution in [3.8, 4) is 0 Å². The van der Waals surface area contributed by atoms with Crippen LogP contribution in [0.2, 0.25) is 0 Å². The maximum Gasteiger partial charge on any atom is 0.0137 e. The van der Waals surface area contributed by atoms with E-state index >= 15 is 0 Å². The van der Waals surface area contributed by atoms with Crippen molar-refractivity contribution >= 4 is 12.4 Å².